The van der Waals surface area contributed by atoms with Gasteiger partial charge in [0.1, 0.15) is 5.75 Å². The smallest absolute Gasteiger partial charge is 0.373 e. The summed E-state index contributed by atoms with van der Waals surface area (Å²) >= 11 is 0. The van der Waals surface area contributed by atoms with Crippen molar-refractivity contribution in [1.29, 1.82) is 0 Å². The minimum Gasteiger partial charge on any atom is -0.505 e. The molecule has 9 heteroatoms. The molecule has 0 atom stereocenters. The molecule has 0 aromatic heterocycles. The fraction of sp³-hybridized carbons (Fsp3) is 0.125. The summed E-state index contributed by atoms with van der Waals surface area (Å²) in [6, 6.07) is 1.69. The number of benzene rings is 1. The maximum atomic E-state index is 10.8. The largest absolute Gasteiger partial charge is 0.505 e. The van der Waals surface area contributed by atoms with Crippen LogP contribution in [0.5, 0.6) is 5.75 Å². The molecule has 0 heterocycles. The minimum absolute atomic E-state index is 0.586. The van der Waals surface area contributed by atoms with Gasteiger partial charge in [-0.1, -0.05) is 0 Å². The van der Waals surface area contributed by atoms with Gasteiger partial charge in [-0.05, 0) is 6.07 Å². The van der Waals surface area contributed by atoms with Crippen LogP contribution in [0.1, 0.15) is 6.92 Å². The Labute approximate surface area is 94.0 Å². The highest BCUT2D eigenvalue weighted by Gasteiger charge is 2.31. The van der Waals surface area contributed by atoms with Gasteiger partial charge < -0.3 is 10.4 Å². The van der Waals surface area contributed by atoms with Crippen LogP contribution in [0, 0.1) is 20.2 Å². The number of nitro groups is 2. The molecule has 17 heavy (non-hydrogen) atoms. The molecule has 1 amide bonds. The fourth-order valence-electron chi connectivity index (χ4n) is 1.20. The number of nitrogens with one attached hydrogen (secondary N) is 1. The highest BCUT2D eigenvalue weighted by molar-refractivity contribution is 5.95. The van der Waals surface area contributed by atoms with Gasteiger partial charge in [-0.25, -0.2) is 0 Å². The fourth-order valence-corrected chi connectivity index (χ4v) is 1.20. The Kier molecular flexibility index (Phi) is 3.22. The van der Waals surface area contributed by atoms with E-state index in [4.69, 9.17) is 0 Å². The van der Waals surface area contributed by atoms with Gasteiger partial charge in [0.2, 0.25) is 5.91 Å². The number of carbonyl (C=O) groups excluding carboxylic acids is 1. The van der Waals surface area contributed by atoms with Gasteiger partial charge in [0, 0.05) is 13.0 Å². The first-order valence-electron chi connectivity index (χ1n) is 4.27. The van der Waals surface area contributed by atoms with Crippen molar-refractivity contribution in [2.75, 3.05) is 5.32 Å². The van der Waals surface area contributed by atoms with Crippen molar-refractivity contribution in [3.8, 4) is 5.75 Å². The Morgan fingerprint density at radius 2 is 1.88 bits per heavy atom. The summed E-state index contributed by atoms with van der Waals surface area (Å²) in [4.78, 5) is 30.1. The molecule has 0 bridgehead atoms. The summed E-state index contributed by atoms with van der Waals surface area (Å²) in [6.07, 6.45) is 0. The predicted molar refractivity (Wildman–Crippen MR) is 55.7 cm³/mol. The summed E-state index contributed by atoms with van der Waals surface area (Å²) in [5.74, 6) is -1.30. The third-order valence-corrected chi connectivity index (χ3v) is 1.81. The van der Waals surface area contributed by atoms with Crippen molar-refractivity contribution < 1.29 is 19.7 Å². The molecule has 1 aromatic rings. The molecule has 0 spiro atoms. The zero-order valence-electron chi connectivity index (χ0n) is 8.54. The Balaban J connectivity index is 3.54. The van der Waals surface area contributed by atoms with Crippen LogP contribution in [0.2, 0.25) is 0 Å². The number of hydrogen-bond donors (Lipinski definition) is 2. The third kappa shape index (κ3) is 2.45. The molecule has 0 aliphatic heterocycles. The van der Waals surface area contributed by atoms with Crippen LogP contribution in [0.15, 0.2) is 12.1 Å². The number of phenols is 1. The lowest BCUT2D eigenvalue weighted by atomic mass is 10.2. The standard InChI is InChI=1S/C8H7N3O6/c1-4(12)9-7-6(13)3-2-5(10(14)15)8(7)11(16)17/h2-3,13H,1H3,(H,9,12). The van der Waals surface area contributed by atoms with E-state index in [2.05, 4.69) is 0 Å². The quantitative estimate of drug-likeness (QED) is 0.463. The van der Waals surface area contributed by atoms with Crippen LogP contribution in [0.3, 0.4) is 0 Å². The van der Waals surface area contributed by atoms with Gasteiger partial charge in [0.15, 0.2) is 5.69 Å². The van der Waals surface area contributed by atoms with Gasteiger partial charge in [-0.3, -0.25) is 25.0 Å². The van der Waals surface area contributed by atoms with Crippen LogP contribution in [0.4, 0.5) is 17.1 Å². The molecule has 1 aromatic carbocycles. The Morgan fingerprint density at radius 1 is 1.29 bits per heavy atom. The highest BCUT2D eigenvalue weighted by atomic mass is 16.6. The second-order valence-corrected chi connectivity index (χ2v) is 3.02. The van der Waals surface area contributed by atoms with E-state index in [0.717, 1.165) is 19.1 Å². The van der Waals surface area contributed by atoms with E-state index in [1.807, 2.05) is 5.32 Å². The number of aromatic hydroxyl groups is 1. The minimum atomic E-state index is -1.04. The van der Waals surface area contributed by atoms with Gasteiger partial charge in [0.05, 0.1) is 9.85 Å². The number of rotatable bonds is 3. The molecule has 1 rings (SSSR count). The van der Waals surface area contributed by atoms with Crippen molar-refractivity contribution >= 4 is 23.0 Å². The first-order chi connectivity index (χ1) is 7.84. The monoisotopic (exact) mass is 241 g/mol. The Morgan fingerprint density at radius 3 is 2.29 bits per heavy atom. The third-order valence-electron chi connectivity index (χ3n) is 1.81. The lowest BCUT2D eigenvalue weighted by molar-refractivity contribution is -0.421. The van der Waals surface area contributed by atoms with Crippen LogP contribution < -0.4 is 5.32 Å². The van der Waals surface area contributed by atoms with Gasteiger partial charge >= 0.3 is 11.4 Å². The summed E-state index contributed by atoms with van der Waals surface area (Å²) in [5, 5.41) is 32.6. The van der Waals surface area contributed by atoms with Gasteiger partial charge in [-0.15, -0.1) is 0 Å². The lowest BCUT2D eigenvalue weighted by Crippen LogP contribution is -2.09. The number of phenolic OH excluding ortho intramolecular Hbond substituents is 1. The molecule has 2 N–H and O–H groups in total. The van der Waals surface area contributed by atoms with E-state index < -0.39 is 38.6 Å². The number of anilines is 1. The van der Waals surface area contributed by atoms with Crippen LogP contribution in [-0.2, 0) is 4.79 Å². The number of amides is 1. The van der Waals surface area contributed by atoms with E-state index in [0.29, 0.717) is 0 Å². The normalized spacial score (nSPS) is 9.71. The Hall–Kier alpha value is -2.71. The zero-order chi connectivity index (χ0) is 13.2. The zero-order valence-corrected chi connectivity index (χ0v) is 8.54. The van der Waals surface area contributed by atoms with Crippen LogP contribution >= 0.6 is 0 Å². The predicted octanol–water partition coefficient (Wildman–Crippen LogP) is 1.17. The maximum absolute atomic E-state index is 10.8. The van der Waals surface area contributed by atoms with Crippen molar-refractivity contribution in [2.24, 2.45) is 0 Å². The molecular formula is C8H7N3O6. The first-order valence-corrected chi connectivity index (χ1v) is 4.27. The van der Waals surface area contributed by atoms with Crippen LogP contribution in [-0.4, -0.2) is 20.9 Å². The van der Waals surface area contributed by atoms with E-state index in [1.54, 1.807) is 0 Å². The van der Waals surface area contributed by atoms with Crippen molar-refractivity contribution in [2.45, 2.75) is 6.92 Å². The molecule has 9 nitrogen and oxygen atoms in total. The summed E-state index contributed by atoms with van der Waals surface area (Å²) in [5.41, 5.74) is -2.35. The molecule has 0 aliphatic carbocycles. The molecule has 0 saturated heterocycles. The van der Waals surface area contributed by atoms with Gasteiger partial charge in [-0.2, -0.15) is 0 Å². The van der Waals surface area contributed by atoms with E-state index in [9.17, 15) is 30.1 Å². The van der Waals surface area contributed by atoms with E-state index in [1.165, 1.54) is 0 Å². The molecule has 0 saturated carbocycles. The summed E-state index contributed by atoms with van der Waals surface area (Å²) in [6.45, 7) is 1.06. The second kappa shape index (κ2) is 4.43. The van der Waals surface area contributed by atoms with Crippen LogP contribution in [0.25, 0.3) is 0 Å². The summed E-state index contributed by atoms with van der Waals surface area (Å²) in [7, 11) is 0. The number of hydrogen-bond acceptors (Lipinski definition) is 6. The number of carbonyl (C=O) groups is 1. The van der Waals surface area contributed by atoms with Gasteiger partial charge in [0.25, 0.3) is 0 Å². The molecular weight excluding hydrogens is 234 g/mol. The SMILES string of the molecule is CC(=O)Nc1c(O)ccc([N+](=O)[O-])c1[N+](=O)[O-]. The average molecular weight is 241 g/mol. The molecule has 90 valence electrons. The molecule has 0 unspecified atom stereocenters. The summed E-state index contributed by atoms with van der Waals surface area (Å²) < 4.78 is 0. The Bertz CT molecular complexity index is 512. The first kappa shape index (κ1) is 12.4. The van der Waals surface area contributed by atoms with Crippen molar-refractivity contribution in [3.05, 3.63) is 32.4 Å². The van der Waals surface area contributed by atoms with E-state index in [-0.39, 0.29) is 0 Å². The highest BCUT2D eigenvalue weighted by Crippen LogP contribution is 2.40. The molecule has 0 aliphatic rings. The second-order valence-electron chi connectivity index (χ2n) is 3.02. The number of nitrogens with zero attached hydrogens (tertiary/aromatic N) is 2. The lowest BCUT2D eigenvalue weighted by Gasteiger charge is -2.05. The van der Waals surface area contributed by atoms with Crippen molar-refractivity contribution in [3.63, 3.8) is 0 Å². The van der Waals surface area contributed by atoms with E-state index >= 15 is 0 Å². The number of nitro benzene ring substituents is 2. The molecule has 0 fully saturated rings. The molecule has 0 radical (unpaired) electrons. The maximum Gasteiger partial charge on any atom is 0.373 e. The topological polar surface area (TPSA) is 136 Å². The average Bonchev–Trinajstić information content (AvgIpc) is 2.19. The van der Waals surface area contributed by atoms with Crippen molar-refractivity contribution in [1.82, 2.24) is 0 Å².